The highest BCUT2D eigenvalue weighted by molar-refractivity contribution is 7.09. The predicted octanol–water partition coefficient (Wildman–Crippen LogP) is 3.59. The number of alkyl halides is 2. The van der Waals surface area contributed by atoms with Crippen molar-refractivity contribution in [2.24, 2.45) is 0 Å². The standard InChI is InChI=1S/C20H15F3N8OS/c1-29(7-17-27-14(8-33-17)10-4-26-31(6-10)20(22)23)19(32)11-2-15-13(3-12(11)21)28-18(24)16-5-25-9-30(15)16/h2-6,8-9,20H,7H2,1H3,(H2,24,28). The van der Waals surface area contributed by atoms with Crippen LogP contribution < -0.4 is 5.73 Å². The molecule has 0 fully saturated rings. The highest BCUT2D eigenvalue weighted by Gasteiger charge is 2.21. The SMILES string of the molecule is CN(Cc1nc(-c2cnn(C(F)F)c2)cs1)C(=O)c1cc2c(cc1F)nc(N)c1cncn12. The number of fused-ring (bicyclic) bond motifs is 3. The molecule has 168 valence electrons. The van der Waals surface area contributed by atoms with E-state index >= 15 is 0 Å². The van der Waals surface area contributed by atoms with Crippen LogP contribution in [0.5, 0.6) is 0 Å². The van der Waals surface area contributed by atoms with E-state index in [4.69, 9.17) is 5.73 Å². The lowest BCUT2D eigenvalue weighted by Gasteiger charge is -2.17. The van der Waals surface area contributed by atoms with Crippen LogP contribution in [0.2, 0.25) is 0 Å². The minimum Gasteiger partial charge on any atom is -0.382 e. The van der Waals surface area contributed by atoms with E-state index in [0.717, 1.165) is 6.07 Å². The monoisotopic (exact) mass is 472 g/mol. The Morgan fingerprint density at radius 1 is 1.24 bits per heavy atom. The van der Waals surface area contributed by atoms with Gasteiger partial charge in [-0.25, -0.2) is 24.0 Å². The van der Waals surface area contributed by atoms with Gasteiger partial charge < -0.3 is 10.6 Å². The van der Waals surface area contributed by atoms with Gasteiger partial charge in [0, 0.05) is 30.3 Å². The van der Waals surface area contributed by atoms with Crippen molar-refractivity contribution >= 4 is 39.6 Å². The average molecular weight is 472 g/mol. The summed E-state index contributed by atoms with van der Waals surface area (Å²) in [6.07, 6.45) is 5.53. The van der Waals surface area contributed by atoms with E-state index in [1.165, 1.54) is 54.3 Å². The van der Waals surface area contributed by atoms with Gasteiger partial charge >= 0.3 is 6.55 Å². The number of aromatic nitrogens is 6. The van der Waals surface area contributed by atoms with E-state index in [1.807, 2.05) is 0 Å². The Bertz CT molecular complexity index is 1510. The van der Waals surface area contributed by atoms with Crippen LogP contribution in [0.15, 0.2) is 42.4 Å². The number of carbonyl (C=O) groups is 1. The van der Waals surface area contributed by atoms with Crippen molar-refractivity contribution in [1.82, 2.24) is 34.0 Å². The number of thiazole rings is 1. The summed E-state index contributed by atoms with van der Waals surface area (Å²) in [6.45, 7) is -2.64. The second kappa shape index (κ2) is 7.85. The number of rotatable bonds is 5. The van der Waals surface area contributed by atoms with E-state index in [0.29, 0.717) is 37.5 Å². The molecule has 4 aromatic heterocycles. The normalized spacial score (nSPS) is 11.7. The number of nitrogens with two attached hydrogens (primary N) is 1. The Morgan fingerprint density at radius 3 is 2.82 bits per heavy atom. The molecule has 0 aliphatic carbocycles. The lowest BCUT2D eigenvalue weighted by Crippen LogP contribution is -2.27. The number of anilines is 1. The molecule has 0 radical (unpaired) electrons. The Morgan fingerprint density at radius 2 is 2.06 bits per heavy atom. The molecule has 0 saturated carbocycles. The van der Waals surface area contributed by atoms with Crippen LogP contribution in [0.1, 0.15) is 21.9 Å². The zero-order chi connectivity index (χ0) is 23.3. The molecule has 2 N–H and O–H groups in total. The van der Waals surface area contributed by atoms with Gasteiger partial charge in [0.2, 0.25) is 0 Å². The molecular formula is C20H15F3N8OS. The second-order valence-corrected chi connectivity index (χ2v) is 8.18. The second-order valence-electron chi connectivity index (χ2n) is 7.24. The third kappa shape index (κ3) is 3.65. The van der Waals surface area contributed by atoms with Gasteiger partial charge in [0.1, 0.15) is 22.2 Å². The Balaban J connectivity index is 1.41. The van der Waals surface area contributed by atoms with Crippen LogP contribution in [0.3, 0.4) is 0 Å². The van der Waals surface area contributed by atoms with Crippen LogP contribution in [0, 0.1) is 5.82 Å². The summed E-state index contributed by atoms with van der Waals surface area (Å²) >= 11 is 1.25. The molecule has 1 amide bonds. The maximum absolute atomic E-state index is 14.8. The number of hydrogen-bond donors (Lipinski definition) is 1. The number of nitrogens with zero attached hydrogens (tertiary/aromatic N) is 7. The molecule has 0 saturated heterocycles. The first-order valence-electron chi connectivity index (χ1n) is 9.55. The minimum atomic E-state index is -2.74. The van der Waals surface area contributed by atoms with Gasteiger partial charge in [-0.05, 0) is 6.07 Å². The molecule has 0 spiro atoms. The summed E-state index contributed by atoms with van der Waals surface area (Å²) in [5.74, 6) is -1.08. The number of halogens is 3. The smallest absolute Gasteiger partial charge is 0.333 e. The number of imidazole rings is 1. The van der Waals surface area contributed by atoms with Gasteiger partial charge in [0.15, 0.2) is 0 Å². The molecule has 5 rings (SSSR count). The van der Waals surface area contributed by atoms with Gasteiger partial charge in [-0.1, -0.05) is 0 Å². The molecule has 0 aliphatic rings. The summed E-state index contributed by atoms with van der Waals surface area (Å²) in [5, 5.41) is 5.83. The molecule has 0 unspecified atom stereocenters. The van der Waals surface area contributed by atoms with Crippen molar-refractivity contribution in [3.63, 3.8) is 0 Å². The quantitative estimate of drug-likeness (QED) is 0.419. The molecule has 5 aromatic rings. The van der Waals surface area contributed by atoms with Crippen LogP contribution in [0.4, 0.5) is 19.0 Å². The minimum absolute atomic E-state index is 0.102. The third-order valence-electron chi connectivity index (χ3n) is 5.06. The van der Waals surface area contributed by atoms with Crippen molar-refractivity contribution in [3.05, 3.63) is 58.8 Å². The lowest BCUT2D eigenvalue weighted by atomic mass is 10.1. The summed E-state index contributed by atoms with van der Waals surface area (Å²) in [6, 6.07) is 2.57. The number of amides is 1. The maximum atomic E-state index is 14.8. The lowest BCUT2D eigenvalue weighted by molar-refractivity contribution is 0.0566. The maximum Gasteiger partial charge on any atom is 0.333 e. The van der Waals surface area contributed by atoms with Gasteiger partial charge in [0.05, 0.1) is 47.6 Å². The van der Waals surface area contributed by atoms with E-state index < -0.39 is 18.3 Å². The van der Waals surface area contributed by atoms with Gasteiger partial charge in [-0.2, -0.15) is 13.9 Å². The molecule has 13 heteroatoms. The molecule has 9 nitrogen and oxygen atoms in total. The molecule has 33 heavy (non-hydrogen) atoms. The van der Waals surface area contributed by atoms with Crippen molar-refractivity contribution < 1.29 is 18.0 Å². The average Bonchev–Trinajstić information content (AvgIpc) is 3.53. The Kier molecular flexibility index (Phi) is 4.96. The zero-order valence-corrected chi connectivity index (χ0v) is 17.8. The van der Waals surface area contributed by atoms with E-state index in [9.17, 15) is 18.0 Å². The first-order chi connectivity index (χ1) is 15.8. The Labute approximate surface area is 187 Å². The summed E-state index contributed by atoms with van der Waals surface area (Å²) < 4.78 is 42.4. The first-order valence-corrected chi connectivity index (χ1v) is 10.4. The van der Waals surface area contributed by atoms with E-state index in [1.54, 1.807) is 9.78 Å². The van der Waals surface area contributed by atoms with Gasteiger partial charge in [0.25, 0.3) is 5.91 Å². The van der Waals surface area contributed by atoms with Crippen molar-refractivity contribution in [1.29, 1.82) is 0 Å². The molecule has 0 aliphatic heterocycles. The van der Waals surface area contributed by atoms with Gasteiger partial charge in [-0.3, -0.25) is 9.20 Å². The number of carbonyl (C=O) groups excluding carboxylic acids is 1. The van der Waals surface area contributed by atoms with Crippen molar-refractivity contribution in [3.8, 4) is 11.3 Å². The fourth-order valence-electron chi connectivity index (χ4n) is 3.43. The fraction of sp³-hybridized carbons (Fsp3) is 0.150. The van der Waals surface area contributed by atoms with Crippen LogP contribution >= 0.6 is 11.3 Å². The number of hydrogen-bond acceptors (Lipinski definition) is 7. The number of benzene rings is 1. The van der Waals surface area contributed by atoms with Crippen LogP contribution in [-0.4, -0.2) is 47.0 Å². The molecule has 0 bridgehead atoms. The van der Waals surface area contributed by atoms with Crippen LogP contribution in [-0.2, 0) is 6.54 Å². The molecule has 0 atom stereocenters. The largest absolute Gasteiger partial charge is 0.382 e. The van der Waals surface area contributed by atoms with E-state index in [-0.39, 0.29) is 17.9 Å². The van der Waals surface area contributed by atoms with Crippen molar-refractivity contribution in [2.45, 2.75) is 13.1 Å². The van der Waals surface area contributed by atoms with Crippen LogP contribution in [0.25, 0.3) is 27.8 Å². The van der Waals surface area contributed by atoms with Gasteiger partial charge in [-0.15, -0.1) is 11.3 Å². The summed E-state index contributed by atoms with van der Waals surface area (Å²) in [4.78, 5) is 26.9. The predicted molar refractivity (Wildman–Crippen MR) is 115 cm³/mol. The van der Waals surface area contributed by atoms with Crippen molar-refractivity contribution in [2.75, 3.05) is 12.8 Å². The Hall–Kier alpha value is -4.00. The third-order valence-corrected chi connectivity index (χ3v) is 5.90. The zero-order valence-electron chi connectivity index (χ0n) is 17.0. The van der Waals surface area contributed by atoms with E-state index in [2.05, 4.69) is 20.1 Å². The molecule has 4 heterocycles. The molecule has 1 aromatic carbocycles. The topological polar surface area (TPSA) is 107 Å². The fourth-order valence-corrected chi connectivity index (χ4v) is 4.29. The highest BCUT2D eigenvalue weighted by atomic mass is 32.1. The first kappa shape index (κ1) is 20.9. The summed E-state index contributed by atoms with van der Waals surface area (Å²) in [7, 11) is 1.52. The molecular weight excluding hydrogens is 457 g/mol. The summed E-state index contributed by atoms with van der Waals surface area (Å²) in [5.41, 5.74) is 7.98. The number of nitrogen functional groups attached to an aromatic ring is 1. The highest BCUT2D eigenvalue weighted by Crippen LogP contribution is 2.26.